The molecular weight excluding hydrogens is 312 g/mol. The van der Waals surface area contributed by atoms with E-state index in [9.17, 15) is 4.79 Å². The number of hydrogen-bond donors (Lipinski definition) is 0. The molecule has 0 aliphatic carbocycles. The summed E-state index contributed by atoms with van der Waals surface area (Å²) in [5, 5.41) is 4.63. The van der Waals surface area contributed by atoms with E-state index in [1.54, 1.807) is 23.2 Å². The van der Waals surface area contributed by atoms with Crippen molar-refractivity contribution in [3.8, 4) is 0 Å². The number of oxazole rings is 1. The van der Waals surface area contributed by atoms with Crippen molar-refractivity contribution in [2.45, 2.75) is 44.1 Å². The van der Waals surface area contributed by atoms with Crippen molar-refractivity contribution in [1.29, 1.82) is 0 Å². The Balaban J connectivity index is 1.51. The minimum absolute atomic E-state index is 0.0224. The van der Waals surface area contributed by atoms with Gasteiger partial charge in [-0.3, -0.25) is 9.69 Å². The fraction of sp³-hybridized carbons (Fsp3) is 0.562. The molecule has 0 amide bonds. The van der Waals surface area contributed by atoms with Gasteiger partial charge in [-0.25, -0.2) is 9.67 Å². The van der Waals surface area contributed by atoms with Crippen LogP contribution in [0, 0.1) is 0 Å². The predicted molar refractivity (Wildman–Crippen MR) is 88.3 cm³/mol. The van der Waals surface area contributed by atoms with Gasteiger partial charge in [-0.15, -0.1) is 0 Å². The van der Waals surface area contributed by atoms with Gasteiger partial charge in [-0.2, -0.15) is 16.9 Å². The normalized spacial score (nSPS) is 21.5. The molecule has 0 spiro atoms. The van der Waals surface area contributed by atoms with Crippen LogP contribution < -0.4 is 5.56 Å². The fourth-order valence-corrected chi connectivity index (χ4v) is 4.35. The average Bonchev–Trinajstić information content (AvgIpc) is 3.21. The van der Waals surface area contributed by atoms with Crippen molar-refractivity contribution in [3.63, 3.8) is 0 Å². The highest BCUT2D eigenvalue weighted by molar-refractivity contribution is 7.98. The minimum atomic E-state index is 0.0224. The Labute approximate surface area is 138 Å². The lowest BCUT2D eigenvalue weighted by molar-refractivity contribution is 0.197. The fourth-order valence-electron chi connectivity index (χ4n) is 3.40. The molecule has 23 heavy (non-hydrogen) atoms. The predicted octanol–water partition coefficient (Wildman–Crippen LogP) is 1.69. The highest BCUT2D eigenvalue weighted by atomic mass is 32.2. The first-order valence-electron chi connectivity index (χ1n) is 8.10. The molecule has 7 heteroatoms. The van der Waals surface area contributed by atoms with Gasteiger partial charge in [0.25, 0.3) is 5.56 Å². The van der Waals surface area contributed by atoms with E-state index < -0.39 is 0 Å². The highest BCUT2D eigenvalue weighted by Crippen LogP contribution is 2.23. The third-order valence-electron chi connectivity index (χ3n) is 4.61. The molecule has 2 aliphatic heterocycles. The van der Waals surface area contributed by atoms with E-state index >= 15 is 0 Å². The zero-order valence-electron chi connectivity index (χ0n) is 13.0. The van der Waals surface area contributed by atoms with Gasteiger partial charge in [0.05, 0.1) is 25.0 Å². The second kappa shape index (κ2) is 6.49. The van der Waals surface area contributed by atoms with Crippen LogP contribution in [0.1, 0.15) is 30.0 Å². The molecule has 2 aromatic rings. The van der Waals surface area contributed by atoms with Crippen LogP contribution in [0.3, 0.4) is 0 Å². The number of thioether (sulfide) groups is 1. The van der Waals surface area contributed by atoms with Crippen LogP contribution in [0.25, 0.3) is 0 Å². The summed E-state index contributed by atoms with van der Waals surface area (Å²) < 4.78 is 7.01. The van der Waals surface area contributed by atoms with Gasteiger partial charge in [0.15, 0.2) is 0 Å². The quantitative estimate of drug-likeness (QED) is 0.849. The van der Waals surface area contributed by atoms with Crippen LogP contribution in [0.2, 0.25) is 0 Å². The molecule has 4 heterocycles. The number of aryl methyl sites for hydroxylation is 1. The van der Waals surface area contributed by atoms with E-state index in [1.807, 2.05) is 11.8 Å². The van der Waals surface area contributed by atoms with Crippen LogP contribution in [-0.4, -0.2) is 38.0 Å². The van der Waals surface area contributed by atoms with E-state index in [2.05, 4.69) is 15.0 Å². The summed E-state index contributed by atoms with van der Waals surface area (Å²) in [6.07, 6.45) is 6.47. The largest absolute Gasteiger partial charge is 0.448 e. The zero-order chi connectivity index (χ0) is 15.6. The molecule has 6 nitrogen and oxygen atoms in total. The number of rotatable bonds is 4. The molecular formula is C16H20N4O2S. The van der Waals surface area contributed by atoms with Crippen molar-refractivity contribution >= 4 is 11.8 Å². The lowest BCUT2D eigenvalue weighted by Crippen LogP contribution is -2.37. The van der Waals surface area contributed by atoms with Crippen molar-refractivity contribution < 1.29 is 4.42 Å². The number of hydrogen-bond acceptors (Lipinski definition) is 6. The van der Waals surface area contributed by atoms with E-state index in [0.717, 1.165) is 54.5 Å². The molecule has 1 fully saturated rings. The average molecular weight is 332 g/mol. The van der Waals surface area contributed by atoms with E-state index in [4.69, 9.17) is 4.42 Å². The second-order valence-corrected chi connectivity index (χ2v) is 7.24. The molecule has 1 atom stereocenters. The third kappa shape index (κ3) is 3.21. The molecule has 1 saturated heterocycles. The summed E-state index contributed by atoms with van der Waals surface area (Å²) in [6.45, 7) is 2.37. The Kier molecular flexibility index (Phi) is 4.22. The molecule has 1 unspecified atom stereocenters. The molecule has 2 aliphatic rings. The Morgan fingerprint density at radius 3 is 3.26 bits per heavy atom. The van der Waals surface area contributed by atoms with Gasteiger partial charge < -0.3 is 4.42 Å². The van der Waals surface area contributed by atoms with Crippen molar-refractivity contribution in [3.05, 3.63) is 46.0 Å². The third-order valence-corrected chi connectivity index (χ3v) is 5.62. The molecule has 0 aromatic carbocycles. The Hall–Kier alpha value is -1.60. The Morgan fingerprint density at radius 2 is 2.39 bits per heavy atom. The van der Waals surface area contributed by atoms with Crippen LogP contribution in [0.4, 0.5) is 0 Å². The highest BCUT2D eigenvalue weighted by Gasteiger charge is 2.27. The van der Waals surface area contributed by atoms with Crippen molar-refractivity contribution in [1.82, 2.24) is 19.7 Å². The minimum Gasteiger partial charge on any atom is -0.448 e. The number of likely N-dealkylation sites (tertiary alicyclic amines) is 1. The number of fused-ring (bicyclic) bond motifs is 1. The maximum atomic E-state index is 12.3. The van der Waals surface area contributed by atoms with Crippen molar-refractivity contribution in [2.75, 3.05) is 12.3 Å². The molecule has 2 aromatic heterocycles. The maximum absolute atomic E-state index is 12.3. The Bertz CT molecular complexity index is 728. The summed E-state index contributed by atoms with van der Waals surface area (Å²) in [5.74, 6) is 2.75. The summed E-state index contributed by atoms with van der Waals surface area (Å²) in [4.78, 5) is 18.9. The standard InChI is InChI=1S/C16H20N4O2S/c21-16-8-12-11-23-7-3-14(12)18-20(16)9-13-2-1-5-19(13)10-15-17-4-6-22-15/h4,6,8,13H,1-3,5,7,9-11H2. The first-order valence-corrected chi connectivity index (χ1v) is 9.25. The second-order valence-electron chi connectivity index (χ2n) is 6.13. The summed E-state index contributed by atoms with van der Waals surface area (Å²) in [7, 11) is 0. The van der Waals surface area contributed by atoms with Gasteiger partial charge in [0.2, 0.25) is 5.89 Å². The van der Waals surface area contributed by atoms with Crippen LogP contribution >= 0.6 is 11.8 Å². The smallest absolute Gasteiger partial charge is 0.267 e. The summed E-state index contributed by atoms with van der Waals surface area (Å²) in [5.41, 5.74) is 2.24. The molecule has 0 radical (unpaired) electrons. The van der Waals surface area contributed by atoms with Crippen molar-refractivity contribution in [2.24, 2.45) is 0 Å². The first-order chi connectivity index (χ1) is 11.3. The number of aromatic nitrogens is 3. The lowest BCUT2D eigenvalue weighted by Gasteiger charge is -2.24. The van der Waals surface area contributed by atoms with Crippen LogP contribution in [-0.2, 0) is 25.3 Å². The summed E-state index contributed by atoms with van der Waals surface area (Å²) in [6, 6.07) is 2.10. The van der Waals surface area contributed by atoms with E-state index in [-0.39, 0.29) is 5.56 Å². The van der Waals surface area contributed by atoms with Gasteiger partial charge >= 0.3 is 0 Å². The van der Waals surface area contributed by atoms with Gasteiger partial charge in [-0.05, 0) is 30.7 Å². The van der Waals surface area contributed by atoms with E-state index in [0.29, 0.717) is 19.1 Å². The molecule has 4 rings (SSSR count). The SMILES string of the molecule is O=c1cc2c(nn1CC1CCCN1Cc1ncco1)CCSC2. The molecule has 0 saturated carbocycles. The van der Waals surface area contributed by atoms with Crippen LogP contribution in [0.15, 0.2) is 27.7 Å². The lowest BCUT2D eigenvalue weighted by atomic mass is 10.2. The summed E-state index contributed by atoms with van der Waals surface area (Å²) >= 11 is 1.87. The first kappa shape index (κ1) is 15.0. The van der Waals surface area contributed by atoms with E-state index in [1.165, 1.54) is 0 Å². The molecule has 122 valence electrons. The van der Waals surface area contributed by atoms with Gasteiger partial charge in [0, 0.05) is 24.3 Å². The van der Waals surface area contributed by atoms with Gasteiger partial charge in [0.1, 0.15) is 6.26 Å². The molecule has 0 bridgehead atoms. The maximum Gasteiger partial charge on any atom is 0.267 e. The van der Waals surface area contributed by atoms with Crippen LogP contribution in [0.5, 0.6) is 0 Å². The monoisotopic (exact) mass is 332 g/mol. The Morgan fingerprint density at radius 1 is 1.43 bits per heavy atom. The zero-order valence-corrected chi connectivity index (χ0v) is 13.8. The topological polar surface area (TPSA) is 64.2 Å². The molecule has 0 N–H and O–H groups in total. The van der Waals surface area contributed by atoms with Gasteiger partial charge in [-0.1, -0.05) is 0 Å². The number of nitrogens with zero attached hydrogens (tertiary/aromatic N) is 4.